The van der Waals surface area contributed by atoms with Gasteiger partial charge < -0.3 is 9.84 Å². The maximum absolute atomic E-state index is 13.3. The third-order valence-electron chi connectivity index (χ3n) is 6.92. The first-order valence-corrected chi connectivity index (χ1v) is 15.6. The molecule has 2 N–H and O–H groups in total. The molecule has 0 saturated carbocycles. The summed E-state index contributed by atoms with van der Waals surface area (Å²) in [6, 6.07) is 4.13. The number of ketones is 1. The Morgan fingerprint density at radius 3 is 2.58 bits per heavy atom. The van der Waals surface area contributed by atoms with E-state index in [1.807, 2.05) is 19.9 Å². The van der Waals surface area contributed by atoms with E-state index in [2.05, 4.69) is 31.6 Å². The van der Waals surface area contributed by atoms with Crippen molar-refractivity contribution in [1.29, 1.82) is 0 Å². The highest BCUT2D eigenvalue weighted by Gasteiger charge is 2.31. The van der Waals surface area contributed by atoms with Crippen molar-refractivity contribution in [3.05, 3.63) is 49.7 Å². The van der Waals surface area contributed by atoms with Crippen LogP contribution in [0.3, 0.4) is 0 Å². The van der Waals surface area contributed by atoms with Gasteiger partial charge in [-0.1, -0.05) is 39.8 Å². The summed E-state index contributed by atoms with van der Waals surface area (Å²) < 4.78 is 30.6. The number of hydrogen-bond donors (Lipinski definition) is 2. The van der Waals surface area contributed by atoms with Crippen molar-refractivity contribution in [1.82, 2.24) is 4.72 Å². The highest BCUT2D eigenvalue weighted by Crippen LogP contribution is 2.42. The van der Waals surface area contributed by atoms with Gasteiger partial charge in [0.15, 0.2) is 5.78 Å². The molecule has 8 heteroatoms. The number of sulfonamides is 1. The van der Waals surface area contributed by atoms with Gasteiger partial charge in [-0.2, -0.15) is 0 Å². The summed E-state index contributed by atoms with van der Waals surface area (Å²) in [5, 5.41) is 10.1. The minimum absolute atomic E-state index is 0.00571. The summed E-state index contributed by atoms with van der Waals surface area (Å²) in [7, 11) is -3.37. The maximum atomic E-state index is 13.3. The number of carbonyl (C=O) groups is 1. The van der Waals surface area contributed by atoms with Crippen LogP contribution >= 0.6 is 11.3 Å². The molecule has 1 aliphatic carbocycles. The van der Waals surface area contributed by atoms with Crippen LogP contribution in [0.2, 0.25) is 0 Å². The van der Waals surface area contributed by atoms with E-state index >= 15 is 0 Å². The van der Waals surface area contributed by atoms with Crippen LogP contribution in [0.5, 0.6) is 5.75 Å². The molecular formula is C28H41NO5S2. The number of hydrogen-bond acceptors (Lipinski definition) is 6. The van der Waals surface area contributed by atoms with E-state index in [0.29, 0.717) is 24.0 Å². The number of fused-ring (bicyclic) bond motifs is 1. The number of nitrogens with one attached hydrogen (secondary N) is 1. The molecule has 0 aliphatic heterocycles. The Kier molecular flexibility index (Phi) is 9.41. The standard InChI is InChI=1S/C28H41NO5S2/c1-7-20-14-19(13-18(3)26(20)34-17-21(30)16-29-36(6,32)33)9-10-24(31)27-22-11-12-28(4,5)15-23(22)25(8-2)35-27/h13-14,21,29-30H,7-12,15-17H2,1-6H3. The number of Topliss-reactive ketones (excluding diaryl/α,β-unsaturated/α-hetero) is 1. The van der Waals surface area contributed by atoms with Crippen LogP contribution in [0, 0.1) is 12.3 Å². The van der Waals surface area contributed by atoms with Crippen molar-refractivity contribution in [3.63, 3.8) is 0 Å². The van der Waals surface area contributed by atoms with E-state index in [0.717, 1.165) is 59.9 Å². The van der Waals surface area contributed by atoms with E-state index in [-0.39, 0.29) is 18.9 Å². The molecule has 1 unspecified atom stereocenters. The molecule has 0 saturated heterocycles. The second kappa shape index (κ2) is 11.8. The van der Waals surface area contributed by atoms with E-state index in [4.69, 9.17) is 4.74 Å². The number of carbonyl (C=O) groups excluding carboxylic acids is 1. The van der Waals surface area contributed by atoms with Crippen LogP contribution < -0.4 is 9.46 Å². The lowest BCUT2D eigenvalue weighted by atomic mass is 9.74. The average molecular weight is 536 g/mol. The Morgan fingerprint density at radius 2 is 1.94 bits per heavy atom. The summed E-state index contributed by atoms with van der Waals surface area (Å²) >= 11 is 1.71. The second-order valence-electron chi connectivity index (χ2n) is 10.8. The van der Waals surface area contributed by atoms with Crippen molar-refractivity contribution in [3.8, 4) is 5.75 Å². The fraction of sp³-hybridized carbons (Fsp3) is 0.607. The second-order valence-corrected chi connectivity index (χ2v) is 13.7. The molecular weight excluding hydrogens is 494 g/mol. The van der Waals surface area contributed by atoms with Gasteiger partial charge in [-0.3, -0.25) is 4.79 Å². The molecule has 6 nitrogen and oxygen atoms in total. The highest BCUT2D eigenvalue weighted by atomic mass is 32.2. The quantitative estimate of drug-likeness (QED) is 0.381. The zero-order chi connectivity index (χ0) is 26.7. The van der Waals surface area contributed by atoms with Crippen molar-refractivity contribution >= 4 is 27.1 Å². The molecule has 1 heterocycles. The van der Waals surface area contributed by atoms with E-state index in [1.54, 1.807) is 11.3 Å². The minimum atomic E-state index is -3.37. The normalized spacial score (nSPS) is 16.0. The first-order valence-electron chi connectivity index (χ1n) is 12.9. The Bertz CT molecular complexity index is 1200. The number of aryl methyl sites for hydroxylation is 4. The van der Waals surface area contributed by atoms with Crippen molar-refractivity contribution in [2.45, 2.75) is 85.7 Å². The Hall–Kier alpha value is -1.74. The van der Waals surface area contributed by atoms with Gasteiger partial charge in [0.25, 0.3) is 0 Å². The maximum Gasteiger partial charge on any atom is 0.208 e. The average Bonchev–Trinajstić information content (AvgIpc) is 3.16. The smallest absolute Gasteiger partial charge is 0.208 e. The zero-order valence-electron chi connectivity index (χ0n) is 22.5. The van der Waals surface area contributed by atoms with Gasteiger partial charge >= 0.3 is 0 Å². The largest absolute Gasteiger partial charge is 0.490 e. The number of ether oxygens (including phenoxy) is 1. The van der Waals surface area contributed by atoms with Gasteiger partial charge in [0, 0.05) is 17.8 Å². The lowest BCUT2D eigenvalue weighted by molar-refractivity contribution is 0.0985. The molecule has 2 aromatic rings. The molecule has 0 radical (unpaired) electrons. The van der Waals surface area contributed by atoms with Crippen LogP contribution in [-0.4, -0.2) is 44.8 Å². The van der Waals surface area contributed by atoms with Gasteiger partial charge in [0.1, 0.15) is 18.5 Å². The third kappa shape index (κ3) is 7.40. The molecule has 0 amide bonds. The van der Waals surface area contributed by atoms with Crippen LogP contribution in [-0.2, 0) is 42.1 Å². The summed E-state index contributed by atoms with van der Waals surface area (Å²) in [4.78, 5) is 15.7. The van der Waals surface area contributed by atoms with Crippen LogP contribution in [0.15, 0.2) is 12.1 Å². The number of rotatable bonds is 12. The third-order valence-corrected chi connectivity index (χ3v) is 9.07. The van der Waals surface area contributed by atoms with Crippen molar-refractivity contribution < 1.29 is 23.1 Å². The Morgan fingerprint density at radius 1 is 1.22 bits per heavy atom. The summed E-state index contributed by atoms with van der Waals surface area (Å²) in [6.07, 6.45) is 6.19. The summed E-state index contributed by atoms with van der Waals surface area (Å²) in [5.74, 6) is 0.960. The topological polar surface area (TPSA) is 92.7 Å². The lowest BCUT2D eigenvalue weighted by Crippen LogP contribution is -2.34. The lowest BCUT2D eigenvalue weighted by Gasteiger charge is -2.30. The number of aliphatic hydroxyl groups is 1. The SMILES string of the molecule is CCc1cc(CCC(=O)c2sc(CC)c3c2CCC(C)(C)C3)cc(C)c1OCC(O)CNS(C)(=O)=O. The van der Waals surface area contributed by atoms with Crippen LogP contribution in [0.4, 0.5) is 0 Å². The van der Waals surface area contributed by atoms with E-state index in [9.17, 15) is 18.3 Å². The molecule has 1 aliphatic rings. The minimum Gasteiger partial charge on any atom is -0.490 e. The molecule has 1 atom stereocenters. The fourth-order valence-electron chi connectivity index (χ4n) is 4.96. The van der Waals surface area contributed by atoms with Gasteiger partial charge in [-0.05, 0) is 78.7 Å². The van der Waals surface area contributed by atoms with Gasteiger partial charge in [-0.25, -0.2) is 13.1 Å². The van der Waals surface area contributed by atoms with Crippen LogP contribution in [0.25, 0.3) is 0 Å². The molecule has 0 bridgehead atoms. The van der Waals surface area contributed by atoms with Crippen LogP contribution in [0.1, 0.15) is 82.9 Å². The van der Waals surface area contributed by atoms with Gasteiger partial charge in [0.2, 0.25) is 10.0 Å². The highest BCUT2D eigenvalue weighted by molar-refractivity contribution is 7.88. The van der Waals surface area contributed by atoms with Crippen molar-refractivity contribution in [2.24, 2.45) is 5.41 Å². The summed E-state index contributed by atoms with van der Waals surface area (Å²) in [6.45, 7) is 10.7. The van der Waals surface area contributed by atoms with Crippen molar-refractivity contribution in [2.75, 3.05) is 19.4 Å². The first-order chi connectivity index (χ1) is 16.8. The monoisotopic (exact) mass is 535 g/mol. The molecule has 200 valence electrons. The zero-order valence-corrected chi connectivity index (χ0v) is 24.1. The number of benzene rings is 1. The predicted octanol–water partition coefficient (Wildman–Crippen LogP) is 4.80. The van der Waals surface area contributed by atoms with E-state index < -0.39 is 16.1 Å². The molecule has 1 aromatic heterocycles. The fourth-order valence-corrected chi connectivity index (χ4v) is 6.73. The molecule has 36 heavy (non-hydrogen) atoms. The first kappa shape index (κ1) is 28.8. The number of thiophene rings is 1. The molecule has 0 spiro atoms. The predicted molar refractivity (Wildman–Crippen MR) is 147 cm³/mol. The number of aliphatic hydroxyl groups excluding tert-OH is 1. The molecule has 0 fully saturated rings. The van der Waals surface area contributed by atoms with Gasteiger partial charge in [0.05, 0.1) is 11.1 Å². The molecule has 1 aromatic carbocycles. The van der Waals surface area contributed by atoms with E-state index in [1.165, 1.54) is 16.0 Å². The summed E-state index contributed by atoms with van der Waals surface area (Å²) in [5.41, 5.74) is 6.11. The van der Waals surface area contributed by atoms with Gasteiger partial charge in [-0.15, -0.1) is 11.3 Å². The Labute approximate surface area is 220 Å². The molecule has 3 rings (SSSR count). The Balaban J connectivity index is 1.68.